The van der Waals surface area contributed by atoms with Gasteiger partial charge in [0.1, 0.15) is 23.4 Å². The summed E-state index contributed by atoms with van der Waals surface area (Å²) in [6, 6.07) is 15.1. The Kier molecular flexibility index (Phi) is 5.70. The molecule has 1 aromatic heterocycles. The van der Waals surface area contributed by atoms with Crippen molar-refractivity contribution in [2.75, 3.05) is 17.2 Å². The van der Waals surface area contributed by atoms with Crippen molar-refractivity contribution in [3.8, 4) is 6.07 Å². The molecule has 0 atom stereocenters. The SMILES string of the molecule is N#Cc1ccccc1NC(=O)c1cnc(NCCc2ccc(F)cc2)cn1. The van der Waals surface area contributed by atoms with Gasteiger partial charge in [0.15, 0.2) is 0 Å². The molecule has 3 aromatic rings. The van der Waals surface area contributed by atoms with Gasteiger partial charge in [-0.2, -0.15) is 5.26 Å². The van der Waals surface area contributed by atoms with Crippen molar-refractivity contribution in [3.05, 3.63) is 83.6 Å². The fourth-order valence-corrected chi connectivity index (χ4v) is 2.40. The standard InChI is InChI=1S/C20H16FN5O/c21-16-7-5-14(6-8-16)9-10-23-19-13-24-18(12-25-19)20(27)26-17-4-2-1-3-15(17)11-22/h1-8,12-13H,9-10H2,(H,23,25)(H,26,27). The van der Waals surface area contributed by atoms with E-state index in [2.05, 4.69) is 20.6 Å². The van der Waals surface area contributed by atoms with E-state index in [0.29, 0.717) is 30.0 Å². The number of para-hydroxylation sites is 1. The van der Waals surface area contributed by atoms with Crippen LogP contribution in [0, 0.1) is 17.1 Å². The summed E-state index contributed by atoms with van der Waals surface area (Å²) >= 11 is 0. The first kappa shape index (κ1) is 18.0. The molecule has 0 saturated heterocycles. The Labute approximate surface area is 155 Å². The topological polar surface area (TPSA) is 90.7 Å². The smallest absolute Gasteiger partial charge is 0.275 e. The summed E-state index contributed by atoms with van der Waals surface area (Å²) in [7, 11) is 0. The highest BCUT2D eigenvalue weighted by molar-refractivity contribution is 6.03. The zero-order valence-corrected chi connectivity index (χ0v) is 14.3. The van der Waals surface area contributed by atoms with Crippen molar-refractivity contribution in [1.29, 1.82) is 5.26 Å². The second-order valence-corrected chi connectivity index (χ2v) is 5.70. The van der Waals surface area contributed by atoms with Gasteiger partial charge in [0, 0.05) is 6.54 Å². The second-order valence-electron chi connectivity index (χ2n) is 5.70. The van der Waals surface area contributed by atoms with Crippen LogP contribution in [0.15, 0.2) is 60.9 Å². The Balaban J connectivity index is 1.55. The molecule has 0 bridgehead atoms. The molecule has 27 heavy (non-hydrogen) atoms. The predicted molar refractivity (Wildman–Crippen MR) is 99.7 cm³/mol. The van der Waals surface area contributed by atoms with Crippen LogP contribution in [-0.2, 0) is 6.42 Å². The quantitative estimate of drug-likeness (QED) is 0.702. The minimum absolute atomic E-state index is 0.145. The van der Waals surface area contributed by atoms with Gasteiger partial charge >= 0.3 is 0 Å². The Morgan fingerprint density at radius 1 is 1.07 bits per heavy atom. The number of nitriles is 1. The number of aromatic nitrogens is 2. The fraction of sp³-hybridized carbons (Fsp3) is 0.100. The molecule has 0 aliphatic heterocycles. The molecule has 2 aromatic carbocycles. The minimum atomic E-state index is -0.442. The van der Waals surface area contributed by atoms with Crippen LogP contribution >= 0.6 is 0 Å². The number of nitrogens with zero attached hydrogens (tertiary/aromatic N) is 3. The summed E-state index contributed by atoms with van der Waals surface area (Å²) in [6.45, 7) is 0.599. The van der Waals surface area contributed by atoms with Gasteiger partial charge in [0.25, 0.3) is 5.91 Å². The van der Waals surface area contributed by atoms with Gasteiger partial charge in [-0.15, -0.1) is 0 Å². The lowest BCUT2D eigenvalue weighted by Crippen LogP contribution is -2.15. The first-order valence-electron chi connectivity index (χ1n) is 8.26. The van der Waals surface area contributed by atoms with Crippen LogP contribution in [0.5, 0.6) is 0 Å². The number of hydrogen-bond donors (Lipinski definition) is 2. The molecule has 0 fully saturated rings. The summed E-state index contributed by atoms with van der Waals surface area (Å²) < 4.78 is 12.9. The molecule has 6 nitrogen and oxygen atoms in total. The molecular formula is C20H16FN5O. The highest BCUT2D eigenvalue weighted by Gasteiger charge is 2.10. The zero-order chi connectivity index (χ0) is 19.1. The van der Waals surface area contributed by atoms with Crippen molar-refractivity contribution in [2.24, 2.45) is 0 Å². The number of halogens is 1. The molecule has 0 aliphatic carbocycles. The maximum atomic E-state index is 12.9. The van der Waals surface area contributed by atoms with E-state index in [0.717, 1.165) is 5.56 Å². The Morgan fingerprint density at radius 2 is 1.85 bits per heavy atom. The molecule has 2 N–H and O–H groups in total. The molecule has 3 rings (SSSR count). The third-order valence-electron chi connectivity index (χ3n) is 3.81. The summed E-state index contributed by atoms with van der Waals surface area (Å²) in [5, 5.41) is 14.8. The summed E-state index contributed by atoms with van der Waals surface area (Å²) in [5.41, 5.74) is 1.95. The zero-order valence-electron chi connectivity index (χ0n) is 14.3. The monoisotopic (exact) mass is 361 g/mol. The molecule has 0 saturated carbocycles. The highest BCUT2D eigenvalue weighted by atomic mass is 19.1. The summed E-state index contributed by atoms with van der Waals surface area (Å²) in [4.78, 5) is 20.5. The van der Waals surface area contributed by atoms with Gasteiger partial charge in [-0.05, 0) is 36.2 Å². The van der Waals surface area contributed by atoms with Gasteiger partial charge in [-0.25, -0.2) is 14.4 Å². The first-order valence-corrected chi connectivity index (χ1v) is 8.26. The molecule has 0 radical (unpaired) electrons. The maximum Gasteiger partial charge on any atom is 0.275 e. The first-order chi connectivity index (χ1) is 13.2. The number of carbonyl (C=O) groups excluding carboxylic acids is 1. The molecular weight excluding hydrogens is 345 g/mol. The number of anilines is 2. The van der Waals surface area contributed by atoms with E-state index in [9.17, 15) is 9.18 Å². The van der Waals surface area contributed by atoms with Gasteiger partial charge in [0.05, 0.1) is 23.6 Å². The Hall–Kier alpha value is -3.79. The number of amides is 1. The van der Waals surface area contributed by atoms with Crippen LogP contribution in [0.3, 0.4) is 0 Å². The van der Waals surface area contributed by atoms with Crippen LogP contribution in [0.2, 0.25) is 0 Å². The van der Waals surface area contributed by atoms with E-state index in [-0.39, 0.29) is 11.5 Å². The molecule has 134 valence electrons. The molecule has 1 heterocycles. The lowest BCUT2D eigenvalue weighted by atomic mass is 10.1. The lowest BCUT2D eigenvalue weighted by Gasteiger charge is -2.08. The van der Waals surface area contributed by atoms with E-state index < -0.39 is 5.91 Å². The van der Waals surface area contributed by atoms with Crippen LogP contribution < -0.4 is 10.6 Å². The van der Waals surface area contributed by atoms with E-state index >= 15 is 0 Å². The lowest BCUT2D eigenvalue weighted by molar-refractivity contribution is 0.102. The van der Waals surface area contributed by atoms with E-state index in [1.54, 1.807) is 36.4 Å². The van der Waals surface area contributed by atoms with Crippen LogP contribution in [0.1, 0.15) is 21.6 Å². The largest absolute Gasteiger partial charge is 0.368 e. The highest BCUT2D eigenvalue weighted by Crippen LogP contribution is 2.14. The number of hydrogen-bond acceptors (Lipinski definition) is 5. The third-order valence-corrected chi connectivity index (χ3v) is 3.81. The van der Waals surface area contributed by atoms with Crippen LogP contribution in [0.4, 0.5) is 15.9 Å². The number of rotatable bonds is 6. The third kappa shape index (κ3) is 4.86. The molecule has 0 spiro atoms. The van der Waals surface area contributed by atoms with Gasteiger partial charge in [-0.1, -0.05) is 24.3 Å². The van der Waals surface area contributed by atoms with Crippen LogP contribution in [0.25, 0.3) is 0 Å². The minimum Gasteiger partial charge on any atom is -0.368 e. The van der Waals surface area contributed by atoms with Crippen molar-refractivity contribution in [3.63, 3.8) is 0 Å². The number of benzene rings is 2. The average Bonchev–Trinajstić information content (AvgIpc) is 2.70. The van der Waals surface area contributed by atoms with Gasteiger partial charge in [0.2, 0.25) is 0 Å². The van der Waals surface area contributed by atoms with E-state index in [1.165, 1.54) is 24.5 Å². The van der Waals surface area contributed by atoms with E-state index in [1.807, 2.05) is 6.07 Å². The van der Waals surface area contributed by atoms with Crippen molar-refractivity contribution in [2.45, 2.75) is 6.42 Å². The fourth-order valence-electron chi connectivity index (χ4n) is 2.40. The average molecular weight is 361 g/mol. The Morgan fingerprint density at radius 3 is 2.56 bits per heavy atom. The maximum absolute atomic E-state index is 12.9. The molecule has 1 amide bonds. The van der Waals surface area contributed by atoms with E-state index in [4.69, 9.17) is 5.26 Å². The summed E-state index contributed by atoms with van der Waals surface area (Å²) in [5.74, 6) is -0.169. The molecule has 7 heteroatoms. The normalized spacial score (nSPS) is 10.1. The second kappa shape index (κ2) is 8.54. The van der Waals surface area contributed by atoms with Gasteiger partial charge < -0.3 is 10.6 Å². The van der Waals surface area contributed by atoms with Crippen molar-refractivity contribution in [1.82, 2.24) is 9.97 Å². The van der Waals surface area contributed by atoms with Gasteiger partial charge in [-0.3, -0.25) is 4.79 Å². The van der Waals surface area contributed by atoms with Crippen LogP contribution in [-0.4, -0.2) is 22.4 Å². The van der Waals surface area contributed by atoms with Crippen molar-refractivity contribution >= 4 is 17.4 Å². The number of nitrogens with one attached hydrogen (secondary N) is 2. The number of carbonyl (C=O) groups is 1. The van der Waals surface area contributed by atoms with Crippen molar-refractivity contribution < 1.29 is 9.18 Å². The Bertz CT molecular complexity index is 965. The summed E-state index contributed by atoms with van der Waals surface area (Å²) in [6.07, 6.45) is 3.54. The molecule has 0 aliphatic rings. The predicted octanol–water partition coefficient (Wildman–Crippen LogP) is 3.39. The molecule has 0 unspecified atom stereocenters.